The summed E-state index contributed by atoms with van der Waals surface area (Å²) in [7, 11) is 0. The van der Waals surface area contributed by atoms with E-state index in [1.54, 1.807) is 26.8 Å². The first-order chi connectivity index (χ1) is 6.84. The van der Waals surface area contributed by atoms with Gasteiger partial charge in [-0.15, -0.1) is 0 Å². The molecule has 0 aromatic heterocycles. The van der Waals surface area contributed by atoms with Crippen LogP contribution < -0.4 is 4.31 Å². The summed E-state index contributed by atoms with van der Waals surface area (Å²) in [6.45, 7) is 5.11. The molecule has 1 aromatic rings. The molecule has 1 unspecified atom stereocenters. The molecule has 0 heterocycles. The Bertz CT molecular complexity index is 376. The summed E-state index contributed by atoms with van der Waals surface area (Å²) < 4.78 is 36.5. The van der Waals surface area contributed by atoms with Crippen LogP contribution in [-0.2, 0) is 11.3 Å². The highest BCUT2D eigenvalue weighted by Crippen LogP contribution is 2.27. The van der Waals surface area contributed by atoms with Gasteiger partial charge in [-0.3, -0.25) is 8.51 Å². The molecule has 0 bridgehead atoms. The van der Waals surface area contributed by atoms with Crippen LogP contribution in [-0.4, -0.2) is 14.3 Å². The lowest BCUT2D eigenvalue weighted by Gasteiger charge is -2.38. The van der Waals surface area contributed by atoms with Crippen LogP contribution in [0, 0.1) is 5.82 Å². The second-order valence-corrected chi connectivity index (χ2v) is 4.93. The quantitative estimate of drug-likeness (QED) is 0.731. The molecule has 0 amide bonds. The summed E-state index contributed by atoms with van der Waals surface area (Å²) in [6, 6.07) is 5.80. The van der Waals surface area contributed by atoms with Crippen LogP contribution in [0.25, 0.3) is 0 Å². The Morgan fingerprint density at radius 1 is 1.33 bits per heavy atom. The molecule has 0 saturated carbocycles. The van der Waals surface area contributed by atoms with Crippen molar-refractivity contribution >= 4 is 17.0 Å². The van der Waals surface area contributed by atoms with Crippen molar-refractivity contribution in [2.75, 3.05) is 4.31 Å². The molecule has 0 aliphatic rings. The number of anilines is 1. The van der Waals surface area contributed by atoms with E-state index in [-0.39, 0.29) is 5.69 Å². The van der Waals surface area contributed by atoms with Gasteiger partial charge in [0.05, 0.1) is 5.69 Å². The Morgan fingerprint density at radius 2 is 1.87 bits per heavy atom. The highest BCUT2D eigenvalue weighted by molar-refractivity contribution is 7.80. The number of hydrogen-bond acceptors (Lipinski definition) is 2. The first-order valence-electron chi connectivity index (χ1n) is 4.48. The van der Waals surface area contributed by atoms with E-state index in [1.807, 2.05) is 0 Å². The lowest BCUT2D eigenvalue weighted by molar-refractivity contribution is 0.492. The van der Waals surface area contributed by atoms with E-state index in [0.717, 1.165) is 4.31 Å². The molecule has 84 valence electrons. The molecule has 0 fully saturated rings. The maximum absolute atomic E-state index is 13.4. The van der Waals surface area contributed by atoms with Gasteiger partial charge in [-0.25, -0.2) is 4.39 Å². The number of para-hydroxylation sites is 1. The lowest BCUT2D eigenvalue weighted by Crippen LogP contribution is -2.43. The third-order valence-corrected chi connectivity index (χ3v) is 2.87. The molecule has 0 aliphatic heterocycles. The van der Waals surface area contributed by atoms with Crippen molar-refractivity contribution in [1.82, 2.24) is 0 Å². The molecule has 15 heavy (non-hydrogen) atoms. The number of benzene rings is 1. The predicted molar refractivity (Wildman–Crippen MR) is 57.6 cm³/mol. The van der Waals surface area contributed by atoms with Gasteiger partial charge in [-0.1, -0.05) is 12.1 Å². The lowest BCUT2D eigenvalue weighted by atomic mass is 10.1. The minimum atomic E-state index is -2.49. The van der Waals surface area contributed by atoms with Crippen LogP contribution in [0.3, 0.4) is 0 Å². The summed E-state index contributed by atoms with van der Waals surface area (Å²) in [5, 5.41) is 0. The van der Waals surface area contributed by atoms with Crippen LogP contribution >= 0.6 is 0 Å². The van der Waals surface area contributed by atoms with Crippen molar-refractivity contribution in [2.24, 2.45) is 0 Å². The number of rotatable bonds is 2. The minimum absolute atomic E-state index is 0.0679. The highest BCUT2D eigenvalue weighted by atomic mass is 32.2. The number of hydrogen-bond donors (Lipinski definition) is 0. The second-order valence-electron chi connectivity index (χ2n) is 4.13. The van der Waals surface area contributed by atoms with Gasteiger partial charge in [-0.05, 0) is 32.9 Å². The van der Waals surface area contributed by atoms with E-state index >= 15 is 0 Å². The monoisotopic (exact) mass is 230 g/mol. The van der Waals surface area contributed by atoms with Crippen molar-refractivity contribution in [1.29, 1.82) is 0 Å². The number of nitrogens with zero attached hydrogens (tertiary/aromatic N) is 1. The third kappa shape index (κ3) is 2.76. The topological polar surface area (TPSA) is 43.4 Å². The van der Waals surface area contributed by atoms with Crippen LogP contribution in [0.5, 0.6) is 0 Å². The Morgan fingerprint density at radius 3 is 2.27 bits per heavy atom. The fourth-order valence-electron chi connectivity index (χ4n) is 1.28. The van der Waals surface area contributed by atoms with E-state index in [1.165, 1.54) is 18.2 Å². The zero-order valence-corrected chi connectivity index (χ0v) is 9.68. The Balaban J connectivity index is 3.23. The molecule has 5 heteroatoms. The van der Waals surface area contributed by atoms with Crippen LogP contribution in [0.2, 0.25) is 0 Å². The third-order valence-electron chi connectivity index (χ3n) is 1.83. The SMILES string of the molecule is CC(C)(C)N(c1ccccc1F)S(=O)[O-]. The fraction of sp³-hybridized carbons (Fsp3) is 0.400. The molecule has 3 nitrogen and oxygen atoms in total. The van der Waals surface area contributed by atoms with Crippen molar-refractivity contribution in [3.8, 4) is 0 Å². The standard InChI is InChI=1S/C10H14FNO2S/c1-10(2,3)12(15(13)14)9-7-5-4-6-8(9)11/h4-7H,1-3H3,(H,13,14)/p-1. The van der Waals surface area contributed by atoms with E-state index < -0.39 is 22.6 Å². The van der Waals surface area contributed by atoms with Gasteiger partial charge in [0.25, 0.3) is 0 Å². The van der Waals surface area contributed by atoms with Crippen LogP contribution in [0.1, 0.15) is 20.8 Å². The molecule has 0 radical (unpaired) electrons. The Kier molecular flexibility index (Phi) is 3.46. The summed E-state index contributed by atoms with van der Waals surface area (Å²) in [5.41, 5.74) is -0.618. The van der Waals surface area contributed by atoms with E-state index in [9.17, 15) is 13.2 Å². The van der Waals surface area contributed by atoms with Gasteiger partial charge >= 0.3 is 0 Å². The van der Waals surface area contributed by atoms with E-state index in [0.29, 0.717) is 0 Å². The summed E-state index contributed by atoms with van der Waals surface area (Å²) in [6.07, 6.45) is 0. The van der Waals surface area contributed by atoms with Crippen LogP contribution in [0.4, 0.5) is 10.1 Å². The smallest absolute Gasteiger partial charge is 0.147 e. The fourth-order valence-corrected chi connectivity index (χ4v) is 2.04. The molecule has 0 saturated heterocycles. The Labute approximate surface area is 91.3 Å². The maximum atomic E-state index is 13.4. The average Bonchev–Trinajstić information content (AvgIpc) is 2.05. The predicted octanol–water partition coefficient (Wildman–Crippen LogP) is 2.22. The first-order valence-corrected chi connectivity index (χ1v) is 5.51. The maximum Gasteiger partial charge on any atom is 0.147 e. The molecular formula is C10H13FNO2S-. The van der Waals surface area contributed by atoms with Crippen molar-refractivity contribution in [3.63, 3.8) is 0 Å². The Hall–Kier alpha value is -0.940. The van der Waals surface area contributed by atoms with Gasteiger partial charge in [0.1, 0.15) is 5.82 Å². The van der Waals surface area contributed by atoms with Gasteiger partial charge in [0.2, 0.25) is 0 Å². The minimum Gasteiger partial charge on any atom is -0.755 e. The van der Waals surface area contributed by atoms with Gasteiger partial charge in [0.15, 0.2) is 0 Å². The summed E-state index contributed by atoms with van der Waals surface area (Å²) in [4.78, 5) is 0. The second kappa shape index (κ2) is 4.28. The van der Waals surface area contributed by atoms with Crippen molar-refractivity contribution < 1.29 is 13.2 Å². The zero-order chi connectivity index (χ0) is 11.6. The largest absolute Gasteiger partial charge is 0.755 e. The molecule has 0 aliphatic carbocycles. The first kappa shape index (κ1) is 12.1. The highest BCUT2D eigenvalue weighted by Gasteiger charge is 2.24. The summed E-state index contributed by atoms with van der Waals surface area (Å²) >= 11 is -2.49. The van der Waals surface area contributed by atoms with E-state index in [4.69, 9.17) is 0 Å². The van der Waals surface area contributed by atoms with Gasteiger partial charge in [0, 0.05) is 16.8 Å². The van der Waals surface area contributed by atoms with Crippen molar-refractivity contribution in [2.45, 2.75) is 26.3 Å². The van der Waals surface area contributed by atoms with E-state index in [2.05, 4.69) is 0 Å². The van der Waals surface area contributed by atoms with Crippen LogP contribution in [0.15, 0.2) is 24.3 Å². The van der Waals surface area contributed by atoms with Gasteiger partial charge < -0.3 is 4.55 Å². The molecular weight excluding hydrogens is 217 g/mol. The van der Waals surface area contributed by atoms with Gasteiger partial charge in [-0.2, -0.15) is 0 Å². The molecule has 1 rings (SSSR count). The number of halogens is 1. The molecule has 1 aromatic carbocycles. The average molecular weight is 230 g/mol. The molecule has 0 N–H and O–H groups in total. The molecule has 0 spiro atoms. The molecule has 1 atom stereocenters. The summed E-state index contributed by atoms with van der Waals surface area (Å²) in [5.74, 6) is -0.545. The normalized spacial score (nSPS) is 13.7. The zero-order valence-electron chi connectivity index (χ0n) is 8.86. The van der Waals surface area contributed by atoms with Crippen molar-refractivity contribution in [3.05, 3.63) is 30.1 Å².